The second-order valence-electron chi connectivity index (χ2n) is 7.82. The summed E-state index contributed by atoms with van der Waals surface area (Å²) in [6.07, 6.45) is 3.83. The second kappa shape index (κ2) is 10.0. The molecule has 4 rings (SSSR count). The quantitative estimate of drug-likeness (QED) is 0.563. The Morgan fingerprint density at radius 1 is 1.03 bits per heavy atom. The third kappa shape index (κ3) is 5.35. The van der Waals surface area contributed by atoms with Crippen LogP contribution in [0.1, 0.15) is 30.4 Å². The number of benzene rings is 2. The maximum Gasteiger partial charge on any atom is 0.237 e. The predicted octanol–water partition coefficient (Wildman–Crippen LogP) is 5.27. The Bertz CT molecular complexity index is 938. The molecular formula is C25H27FN2OS. The first-order valence-electron chi connectivity index (χ1n) is 10.6. The Hall–Kier alpha value is -2.50. The number of halogens is 1. The van der Waals surface area contributed by atoms with Crippen molar-refractivity contribution in [1.29, 1.82) is 0 Å². The average molecular weight is 423 g/mol. The first-order valence-corrected chi connectivity index (χ1v) is 11.5. The molecule has 3 nitrogen and oxygen atoms in total. The minimum absolute atomic E-state index is 0.0797. The highest BCUT2D eigenvalue weighted by atomic mass is 32.1. The second-order valence-corrected chi connectivity index (χ2v) is 8.77. The molecule has 1 aromatic heterocycles. The van der Waals surface area contributed by atoms with Gasteiger partial charge in [-0.05, 0) is 66.1 Å². The molecule has 1 N–H and O–H groups in total. The van der Waals surface area contributed by atoms with Crippen LogP contribution in [-0.2, 0) is 17.8 Å². The van der Waals surface area contributed by atoms with Crippen LogP contribution in [0.15, 0.2) is 66.0 Å². The normalized spacial score (nSPS) is 17.0. The third-order valence-electron chi connectivity index (χ3n) is 5.69. The SMILES string of the molecule is O=C(NCCc1ccc(F)cc1)C1CCCCN1Cc1ccc(-c2cccs2)cc1. The van der Waals surface area contributed by atoms with Crippen molar-refractivity contribution in [1.82, 2.24) is 10.2 Å². The zero-order valence-corrected chi connectivity index (χ0v) is 17.8. The molecule has 156 valence electrons. The van der Waals surface area contributed by atoms with Crippen molar-refractivity contribution in [2.24, 2.45) is 0 Å². The standard InChI is InChI=1S/C25H27FN2OS/c26-22-12-8-19(9-13-22)14-15-27-25(29)23-4-1-2-16-28(23)18-20-6-10-21(11-7-20)24-5-3-17-30-24/h3,5-13,17,23H,1-2,4,14-16,18H2,(H,27,29). The van der Waals surface area contributed by atoms with Gasteiger partial charge in [0, 0.05) is 18.0 Å². The van der Waals surface area contributed by atoms with E-state index in [0.717, 1.165) is 37.9 Å². The van der Waals surface area contributed by atoms with Gasteiger partial charge in [-0.2, -0.15) is 0 Å². The maximum atomic E-state index is 13.0. The molecule has 0 saturated carbocycles. The monoisotopic (exact) mass is 422 g/mol. The van der Waals surface area contributed by atoms with Gasteiger partial charge in [-0.25, -0.2) is 4.39 Å². The predicted molar refractivity (Wildman–Crippen MR) is 121 cm³/mol. The summed E-state index contributed by atoms with van der Waals surface area (Å²) in [6, 6.07) is 19.3. The van der Waals surface area contributed by atoms with Gasteiger partial charge in [0.05, 0.1) is 6.04 Å². The van der Waals surface area contributed by atoms with Crippen molar-refractivity contribution in [3.8, 4) is 10.4 Å². The van der Waals surface area contributed by atoms with Gasteiger partial charge < -0.3 is 5.32 Å². The highest BCUT2D eigenvalue weighted by molar-refractivity contribution is 7.13. The zero-order valence-electron chi connectivity index (χ0n) is 17.0. The minimum atomic E-state index is -0.232. The van der Waals surface area contributed by atoms with Crippen LogP contribution in [0.3, 0.4) is 0 Å². The number of nitrogens with zero attached hydrogens (tertiary/aromatic N) is 1. The van der Waals surface area contributed by atoms with E-state index in [1.807, 2.05) is 0 Å². The summed E-state index contributed by atoms with van der Waals surface area (Å²) in [5.74, 6) is -0.129. The Labute approximate surface area is 181 Å². The number of piperidine rings is 1. The molecule has 1 amide bonds. The average Bonchev–Trinajstić information content (AvgIpc) is 3.31. The fraction of sp³-hybridized carbons (Fsp3) is 0.320. The summed E-state index contributed by atoms with van der Waals surface area (Å²) in [6.45, 7) is 2.31. The Morgan fingerprint density at radius 3 is 2.53 bits per heavy atom. The first-order chi connectivity index (χ1) is 14.7. The number of likely N-dealkylation sites (tertiary alicyclic amines) is 1. The molecule has 30 heavy (non-hydrogen) atoms. The topological polar surface area (TPSA) is 32.3 Å². The number of hydrogen-bond acceptors (Lipinski definition) is 3. The van der Waals surface area contributed by atoms with E-state index in [1.54, 1.807) is 23.5 Å². The van der Waals surface area contributed by atoms with Crippen LogP contribution < -0.4 is 5.32 Å². The summed E-state index contributed by atoms with van der Waals surface area (Å²) in [7, 11) is 0. The van der Waals surface area contributed by atoms with E-state index in [1.165, 1.54) is 28.1 Å². The number of amides is 1. The zero-order chi connectivity index (χ0) is 20.8. The first kappa shape index (κ1) is 20.8. The molecule has 5 heteroatoms. The van der Waals surface area contributed by atoms with E-state index in [9.17, 15) is 9.18 Å². The lowest BCUT2D eigenvalue weighted by molar-refractivity contribution is -0.127. The summed E-state index contributed by atoms with van der Waals surface area (Å²) < 4.78 is 13.0. The molecule has 1 fully saturated rings. The van der Waals surface area contributed by atoms with Gasteiger partial charge in [-0.15, -0.1) is 11.3 Å². The molecule has 0 bridgehead atoms. The van der Waals surface area contributed by atoms with E-state index >= 15 is 0 Å². The number of thiophene rings is 1. The molecule has 0 radical (unpaired) electrons. The van der Waals surface area contributed by atoms with Gasteiger partial charge in [-0.1, -0.05) is 48.9 Å². The number of nitrogens with one attached hydrogen (secondary N) is 1. The van der Waals surface area contributed by atoms with Gasteiger partial charge in [0.15, 0.2) is 0 Å². The molecule has 1 aliphatic heterocycles. The fourth-order valence-electron chi connectivity index (χ4n) is 4.03. The molecular weight excluding hydrogens is 395 g/mol. The summed E-state index contributed by atoms with van der Waals surface area (Å²) in [4.78, 5) is 16.4. The number of rotatable bonds is 7. The lowest BCUT2D eigenvalue weighted by atomic mass is 10.00. The Morgan fingerprint density at radius 2 is 1.80 bits per heavy atom. The van der Waals surface area contributed by atoms with Crippen LogP contribution >= 0.6 is 11.3 Å². The fourth-order valence-corrected chi connectivity index (χ4v) is 4.76. The van der Waals surface area contributed by atoms with Crippen LogP contribution in [0, 0.1) is 5.82 Å². The van der Waals surface area contributed by atoms with Gasteiger partial charge in [0.2, 0.25) is 5.91 Å². The molecule has 1 saturated heterocycles. The molecule has 1 unspecified atom stereocenters. The van der Waals surface area contributed by atoms with Crippen molar-refractivity contribution in [2.75, 3.05) is 13.1 Å². The van der Waals surface area contributed by atoms with Gasteiger partial charge in [0.1, 0.15) is 5.82 Å². The molecule has 3 aromatic rings. The smallest absolute Gasteiger partial charge is 0.237 e. The van der Waals surface area contributed by atoms with E-state index in [4.69, 9.17) is 0 Å². The summed E-state index contributed by atoms with van der Waals surface area (Å²) in [5.41, 5.74) is 3.51. The van der Waals surface area contributed by atoms with Gasteiger partial charge in [-0.3, -0.25) is 9.69 Å². The van der Waals surface area contributed by atoms with E-state index in [0.29, 0.717) is 13.0 Å². The highest BCUT2D eigenvalue weighted by Gasteiger charge is 2.28. The third-order valence-corrected chi connectivity index (χ3v) is 6.61. The molecule has 1 aliphatic rings. The van der Waals surface area contributed by atoms with Crippen molar-refractivity contribution >= 4 is 17.2 Å². The number of carbonyl (C=O) groups is 1. The Balaban J connectivity index is 1.32. The van der Waals surface area contributed by atoms with Crippen molar-refractivity contribution in [2.45, 2.75) is 38.3 Å². The summed E-state index contributed by atoms with van der Waals surface area (Å²) in [5, 5.41) is 5.18. The maximum absolute atomic E-state index is 13.0. The lowest BCUT2D eigenvalue weighted by Gasteiger charge is -2.34. The van der Waals surface area contributed by atoms with Crippen LogP contribution in [0.4, 0.5) is 4.39 Å². The van der Waals surface area contributed by atoms with Gasteiger partial charge in [0.25, 0.3) is 0 Å². The molecule has 0 spiro atoms. The molecule has 0 aliphatic carbocycles. The molecule has 1 atom stereocenters. The highest BCUT2D eigenvalue weighted by Crippen LogP contribution is 2.26. The van der Waals surface area contributed by atoms with Crippen LogP contribution in [-0.4, -0.2) is 29.9 Å². The molecule has 2 aromatic carbocycles. The van der Waals surface area contributed by atoms with Crippen molar-refractivity contribution < 1.29 is 9.18 Å². The van der Waals surface area contributed by atoms with Crippen LogP contribution in [0.25, 0.3) is 10.4 Å². The van der Waals surface area contributed by atoms with E-state index in [2.05, 4.69) is 52.0 Å². The summed E-state index contributed by atoms with van der Waals surface area (Å²) >= 11 is 1.75. The Kier molecular flexibility index (Phi) is 6.92. The largest absolute Gasteiger partial charge is 0.354 e. The minimum Gasteiger partial charge on any atom is -0.354 e. The molecule has 2 heterocycles. The van der Waals surface area contributed by atoms with Crippen LogP contribution in [0.2, 0.25) is 0 Å². The number of hydrogen-bond donors (Lipinski definition) is 1. The van der Waals surface area contributed by atoms with Crippen molar-refractivity contribution in [3.63, 3.8) is 0 Å². The lowest BCUT2D eigenvalue weighted by Crippen LogP contribution is -2.49. The van der Waals surface area contributed by atoms with Gasteiger partial charge >= 0.3 is 0 Å². The number of carbonyl (C=O) groups excluding carboxylic acids is 1. The van der Waals surface area contributed by atoms with Crippen molar-refractivity contribution in [3.05, 3.63) is 83.0 Å². The van der Waals surface area contributed by atoms with E-state index < -0.39 is 0 Å². The van der Waals surface area contributed by atoms with Crippen LogP contribution in [0.5, 0.6) is 0 Å². The van der Waals surface area contributed by atoms with E-state index in [-0.39, 0.29) is 17.8 Å².